The Morgan fingerprint density at radius 1 is 1.50 bits per heavy atom. The van der Waals surface area contributed by atoms with Gasteiger partial charge in [0.25, 0.3) is 0 Å². The number of halogens is 3. The number of oxime groups is 1. The van der Waals surface area contributed by atoms with Crippen LogP contribution in [0.15, 0.2) is 23.4 Å². The van der Waals surface area contributed by atoms with Crippen LogP contribution in [0.25, 0.3) is 0 Å². The van der Waals surface area contributed by atoms with Crippen LogP contribution in [0.1, 0.15) is 5.56 Å². The molecular weight excluding hydrogens is 204 g/mol. The fraction of sp³-hybridized carbons (Fsp3) is 0. The predicted octanol–water partition coefficient (Wildman–Crippen LogP) is 2.85. The Balaban J connectivity index is 3.23. The summed E-state index contributed by atoms with van der Waals surface area (Å²) in [5.74, 6) is -0.490. The number of hydrogen-bond acceptors (Lipinski definition) is 2. The quantitative estimate of drug-likeness (QED) is 0.429. The van der Waals surface area contributed by atoms with E-state index in [-0.39, 0.29) is 15.8 Å². The first-order valence-corrected chi connectivity index (χ1v) is 3.73. The maximum Gasteiger partial charge on any atom is 0.176 e. The van der Waals surface area contributed by atoms with E-state index in [0.29, 0.717) is 0 Å². The van der Waals surface area contributed by atoms with Crippen LogP contribution in [-0.4, -0.2) is 10.4 Å². The molecule has 0 amide bonds. The lowest BCUT2D eigenvalue weighted by molar-refractivity contribution is 0.321. The minimum Gasteiger partial charge on any atom is -0.410 e. The van der Waals surface area contributed by atoms with Gasteiger partial charge in [0.2, 0.25) is 0 Å². The summed E-state index contributed by atoms with van der Waals surface area (Å²) in [6.45, 7) is 0. The third-order valence-electron chi connectivity index (χ3n) is 1.24. The zero-order chi connectivity index (χ0) is 9.14. The molecule has 1 aromatic rings. The first-order chi connectivity index (χ1) is 5.65. The van der Waals surface area contributed by atoms with E-state index in [0.717, 1.165) is 6.07 Å². The van der Waals surface area contributed by atoms with Gasteiger partial charge in [0, 0.05) is 5.56 Å². The van der Waals surface area contributed by atoms with Crippen LogP contribution in [0.5, 0.6) is 0 Å². The average Bonchev–Trinajstić information content (AvgIpc) is 2.08. The molecule has 0 spiro atoms. The van der Waals surface area contributed by atoms with Crippen molar-refractivity contribution in [2.45, 2.75) is 0 Å². The molecule has 0 aliphatic carbocycles. The molecule has 0 bridgehead atoms. The molecule has 0 aliphatic rings. The molecule has 1 aromatic carbocycles. The summed E-state index contributed by atoms with van der Waals surface area (Å²) >= 11 is 11.0. The molecular formula is C7H4Cl2FNO. The topological polar surface area (TPSA) is 32.6 Å². The smallest absolute Gasteiger partial charge is 0.176 e. The molecule has 1 rings (SSSR count). The van der Waals surface area contributed by atoms with Gasteiger partial charge in [0.1, 0.15) is 5.82 Å². The SMILES string of the molecule is O/N=C(\Cl)c1cc(F)ccc1Cl. The third kappa shape index (κ3) is 1.87. The van der Waals surface area contributed by atoms with Crippen LogP contribution in [-0.2, 0) is 0 Å². The second-order valence-electron chi connectivity index (χ2n) is 2.01. The lowest BCUT2D eigenvalue weighted by Crippen LogP contribution is -1.93. The van der Waals surface area contributed by atoms with Crippen molar-refractivity contribution < 1.29 is 9.60 Å². The van der Waals surface area contributed by atoms with Crippen molar-refractivity contribution in [3.63, 3.8) is 0 Å². The summed E-state index contributed by atoms with van der Waals surface area (Å²) in [6.07, 6.45) is 0. The monoisotopic (exact) mass is 207 g/mol. The highest BCUT2D eigenvalue weighted by Gasteiger charge is 2.06. The largest absolute Gasteiger partial charge is 0.410 e. The lowest BCUT2D eigenvalue weighted by Gasteiger charge is -1.99. The van der Waals surface area contributed by atoms with Gasteiger partial charge in [-0.1, -0.05) is 28.4 Å². The molecule has 12 heavy (non-hydrogen) atoms. The Labute approximate surface area is 78.2 Å². The van der Waals surface area contributed by atoms with Crippen molar-refractivity contribution in [3.05, 3.63) is 34.6 Å². The maximum atomic E-state index is 12.6. The van der Waals surface area contributed by atoms with Crippen LogP contribution in [0.4, 0.5) is 4.39 Å². The predicted molar refractivity (Wildman–Crippen MR) is 45.6 cm³/mol. The van der Waals surface area contributed by atoms with Crippen LogP contribution >= 0.6 is 23.2 Å². The molecule has 0 unspecified atom stereocenters. The molecule has 2 nitrogen and oxygen atoms in total. The van der Waals surface area contributed by atoms with Crippen molar-refractivity contribution in [2.24, 2.45) is 5.16 Å². The highest BCUT2D eigenvalue weighted by Crippen LogP contribution is 2.19. The van der Waals surface area contributed by atoms with Gasteiger partial charge in [-0.05, 0) is 18.2 Å². The molecule has 0 saturated carbocycles. The molecule has 0 aliphatic heterocycles. The number of rotatable bonds is 1. The van der Waals surface area contributed by atoms with E-state index >= 15 is 0 Å². The molecule has 0 radical (unpaired) electrons. The van der Waals surface area contributed by atoms with E-state index < -0.39 is 5.82 Å². The second-order valence-corrected chi connectivity index (χ2v) is 2.78. The second kappa shape index (κ2) is 3.74. The van der Waals surface area contributed by atoms with Crippen molar-refractivity contribution in [2.75, 3.05) is 0 Å². The molecule has 0 aromatic heterocycles. The van der Waals surface area contributed by atoms with Gasteiger partial charge in [-0.2, -0.15) is 0 Å². The first-order valence-electron chi connectivity index (χ1n) is 2.98. The van der Waals surface area contributed by atoms with E-state index in [1.165, 1.54) is 12.1 Å². The van der Waals surface area contributed by atoms with Gasteiger partial charge < -0.3 is 5.21 Å². The fourth-order valence-electron chi connectivity index (χ4n) is 0.709. The van der Waals surface area contributed by atoms with Gasteiger partial charge in [-0.15, -0.1) is 0 Å². The standard InChI is InChI=1S/C7H4Cl2FNO/c8-6-2-1-4(10)3-5(6)7(9)11-12/h1-3,12H/b11-7-. The van der Waals surface area contributed by atoms with Gasteiger partial charge in [0.15, 0.2) is 5.17 Å². The Kier molecular flexibility index (Phi) is 2.89. The van der Waals surface area contributed by atoms with E-state index in [1.54, 1.807) is 0 Å². The van der Waals surface area contributed by atoms with Crippen molar-refractivity contribution in [1.29, 1.82) is 0 Å². The maximum absolute atomic E-state index is 12.6. The Hall–Kier alpha value is -0.800. The van der Waals surface area contributed by atoms with E-state index in [4.69, 9.17) is 28.4 Å². The van der Waals surface area contributed by atoms with E-state index in [1.807, 2.05) is 0 Å². The zero-order valence-corrected chi connectivity index (χ0v) is 7.27. The fourth-order valence-corrected chi connectivity index (χ4v) is 1.12. The van der Waals surface area contributed by atoms with Gasteiger partial charge in [0.05, 0.1) is 5.02 Å². The van der Waals surface area contributed by atoms with E-state index in [9.17, 15) is 4.39 Å². The van der Waals surface area contributed by atoms with E-state index in [2.05, 4.69) is 5.16 Å². The lowest BCUT2D eigenvalue weighted by atomic mass is 10.2. The average molecular weight is 208 g/mol. The summed E-state index contributed by atoms with van der Waals surface area (Å²) in [6, 6.07) is 3.61. The van der Waals surface area contributed by atoms with Crippen LogP contribution < -0.4 is 0 Å². The highest BCUT2D eigenvalue weighted by atomic mass is 35.5. The summed E-state index contributed by atoms with van der Waals surface area (Å²) in [5, 5.41) is 11.0. The summed E-state index contributed by atoms with van der Waals surface area (Å²) < 4.78 is 12.6. The van der Waals surface area contributed by atoms with Gasteiger partial charge in [-0.25, -0.2) is 4.39 Å². The molecule has 1 N–H and O–H groups in total. The molecule has 5 heteroatoms. The Morgan fingerprint density at radius 3 is 2.75 bits per heavy atom. The first kappa shape index (κ1) is 9.29. The minimum atomic E-state index is -0.490. The highest BCUT2D eigenvalue weighted by molar-refractivity contribution is 6.70. The molecule has 0 heterocycles. The van der Waals surface area contributed by atoms with Crippen molar-refractivity contribution in [1.82, 2.24) is 0 Å². The minimum absolute atomic E-state index is 0.167. The number of benzene rings is 1. The van der Waals surface area contributed by atoms with Crippen molar-refractivity contribution >= 4 is 28.4 Å². The number of nitrogens with zero attached hydrogens (tertiary/aromatic N) is 1. The van der Waals surface area contributed by atoms with Crippen molar-refractivity contribution in [3.8, 4) is 0 Å². The van der Waals surface area contributed by atoms with Crippen LogP contribution in [0.2, 0.25) is 5.02 Å². The van der Waals surface area contributed by atoms with Gasteiger partial charge >= 0.3 is 0 Å². The van der Waals surface area contributed by atoms with Crippen LogP contribution in [0.3, 0.4) is 0 Å². The van der Waals surface area contributed by atoms with Crippen LogP contribution in [0, 0.1) is 5.82 Å². The third-order valence-corrected chi connectivity index (χ3v) is 1.85. The molecule has 0 saturated heterocycles. The molecule has 64 valence electrons. The summed E-state index contributed by atoms with van der Waals surface area (Å²) in [7, 11) is 0. The molecule has 0 fully saturated rings. The zero-order valence-electron chi connectivity index (χ0n) is 5.76. The van der Waals surface area contributed by atoms with Gasteiger partial charge in [-0.3, -0.25) is 0 Å². The summed E-state index contributed by atoms with van der Waals surface area (Å²) in [4.78, 5) is 0. The summed E-state index contributed by atoms with van der Waals surface area (Å²) in [5.41, 5.74) is 0.167. The molecule has 0 atom stereocenters. The number of hydrogen-bond donors (Lipinski definition) is 1. The normalized spacial score (nSPS) is 11.8. The Bertz CT molecular complexity index is 327. The Morgan fingerprint density at radius 2 is 2.17 bits per heavy atom.